The fourth-order valence-corrected chi connectivity index (χ4v) is 3.42. The van der Waals surface area contributed by atoms with Crippen molar-refractivity contribution in [3.05, 3.63) is 52.9 Å². The molecule has 1 aliphatic heterocycles. The van der Waals surface area contributed by atoms with Crippen LogP contribution in [0.1, 0.15) is 48.9 Å². The molecule has 0 aliphatic carbocycles. The first kappa shape index (κ1) is 20.5. The van der Waals surface area contributed by atoms with Crippen LogP contribution in [-0.4, -0.2) is 51.7 Å². The number of hydrogen-bond donors (Lipinski definition) is 0. The summed E-state index contributed by atoms with van der Waals surface area (Å²) in [6.07, 6.45) is 0.833. The van der Waals surface area contributed by atoms with Crippen molar-refractivity contribution in [2.45, 2.75) is 39.2 Å². The third-order valence-electron chi connectivity index (χ3n) is 5.13. The summed E-state index contributed by atoms with van der Waals surface area (Å²) in [5, 5.41) is 4.50. The molecule has 7 heteroatoms. The molecule has 2 aromatic rings. The van der Waals surface area contributed by atoms with Gasteiger partial charge in [0.2, 0.25) is 0 Å². The van der Waals surface area contributed by atoms with E-state index in [1.807, 2.05) is 11.0 Å². The zero-order valence-electron chi connectivity index (χ0n) is 17.0. The van der Waals surface area contributed by atoms with Crippen molar-refractivity contribution in [3.63, 3.8) is 0 Å². The molecule has 0 bridgehead atoms. The lowest BCUT2D eigenvalue weighted by molar-refractivity contribution is 0.0750. The van der Waals surface area contributed by atoms with Crippen LogP contribution in [0.5, 0.6) is 0 Å². The molecule has 152 valence electrons. The third kappa shape index (κ3) is 4.58. The van der Waals surface area contributed by atoms with E-state index in [4.69, 9.17) is 0 Å². The molecule has 28 heavy (non-hydrogen) atoms. The summed E-state index contributed by atoms with van der Waals surface area (Å²) < 4.78 is 28.2. The summed E-state index contributed by atoms with van der Waals surface area (Å²) in [6.45, 7) is 9.53. The van der Waals surface area contributed by atoms with Gasteiger partial charge in [0, 0.05) is 45.2 Å². The largest absolute Gasteiger partial charge is 0.336 e. The van der Waals surface area contributed by atoms with Gasteiger partial charge in [0.15, 0.2) is 11.6 Å². The fourth-order valence-electron chi connectivity index (χ4n) is 3.42. The van der Waals surface area contributed by atoms with Gasteiger partial charge in [-0.25, -0.2) is 8.78 Å². The van der Waals surface area contributed by atoms with Gasteiger partial charge in [-0.3, -0.25) is 14.4 Å². The van der Waals surface area contributed by atoms with Gasteiger partial charge in [0.1, 0.15) is 5.69 Å². The first-order valence-electron chi connectivity index (χ1n) is 9.65. The number of aryl methyl sites for hydroxylation is 1. The lowest BCUT2D eigenvalue weighted by atomic mass is 9.92. The molecule has 1 amide bonds. The molecule has 1 aromatic carbocycles. The summed E-state index contributed by atoms with van der Waals surface area (Å²) in [5.74, 6) is -1.67. The number of hydrogen-bond acceptors (Lipinski definition) is 3. The molecule has 1 saturated heterocycles. The van der Waals surface area contributed by atoms with Crippen molar-refractivity contribution in [1.82, 2.24) is 19.6 Å². The third-order valence-corrected chi connectivity index (χ3v) is 5.13. The molecule has 1 aliphatic rings. The molecule has 0 saturated carbocycles. The van der Waals surface area contributed by atoms with Crippen LogP contribution in [-0.2, 0) is 19.0 Å². The van der Waals surface area contributed by atoms with E-state index in [0.29, 0.717) is 31.9 Å². The van der Waals surface area contributed by atoms with Gasteiger partial charge < -0.3 is 4.90 Å². The Bertz CT molecular complexity index is 857. The van der Waals surface area contributed by atoms with Gasteiger partial charge in [0.05, 0.1) is 5.69 Å². The number of aromatic nitrogens is 2. The van der Waals surface area contributed by atoms with Crippen LogP contribution >= 0.6 is 0 Å². The van der Waals surface area contributed by atoms with Crippen LogP contribution in [0.4, 0.5) is 8.78 Å². The molecule has 1 aromatic heterocycles. The van der Waals surface area contributed by atoms with Crippen molar-refractivity contribution in [3.8, 4) is 0 Å². The predicted molar refractivity (Wildman–Crippen MR) is 104 cm³/mol. The molecule has 1 fully saturated rings. The second kappa shape index (κ2) is 7.99. The summed E-state index contributed by atoms with van der Waals surface area (Å²) >= 11 is 0. The Balaban J connectivity index is 1.65. The van der Waals surface area contributed by atoms with Gasteiger partial charge in [-0.1, -0.05) is 26.8 Å². The summed E-state index contributed by atoms with van der Waals surface area (Å²) in [7, 11) is 1.80. The Labute approximate surface area is 164 Å². The fraction of sp³-hybridized carbons (Fsp3) is 0.524. The zero-order valence-corrected chi connectivity index (χ0v) is 17.0. The van der Waals surface area contributed by atoms with Crippen molar-refractivity contribution < 1.29 is 13.6 Å². The number of nitrogens with zero attached hydrogens (tertiary/aromatic N) is 4. The minimum absolute atomic E-state index is 0.0137. The summed E-state index contributed by atoms with van der Waals surface area (Å²) in [5.41, 5.74) is 2.11. The van der Waals surface area contributed by atoms with Crippen molar-refractivity contribution in [2.24, 2.45) is 7.05 Å². The monoisotopic (exact) mass is 390 g/mol. The van der Waals surface area contributed by atoms with Crippen molar-refractivity contribution in [2.75, 3.05) is 26.2 Å². The smallest absolute Gasteiger partial charge is 0.272 e. The molecule has 5 nitrogen and oxygen atoms in total. The van der Waals surface area contributed by atoms with Gasteiger partial charge in [0.25, 0.3) is 5.91 Å². The van der Waals surface area contributed by atoms with Gasteiger partial charge in [-0.15, -0.1) is 0 Å². The van der Waals surface area contributed by atoms with Crippen LogP contribution in [0, 0.1) is 11.6 Å². The Morgan fingerprint density at radius 1 is 1.07 bits per heavy atom. The van der Waals surface area contributed by atoms with Crippen LogP contribution in [0.3, 0.4) is 0 Å². The van der Waals surface area contributed by atoms with Crippen LogP contribution < -0.4 is 0 Å². The van der Waals surface area contributed by atoms with Crippen molar-refractivity contribution in [1.29, 1.82) is 0 Å². The molecular weight excluding hydrogens is 362 g/mol. The zero-order chi connectivity index (χ0) is 20.5. The maximum atomic E-state index is 13.4. The van der Waals surface area contributed by atoms with Gasteiger partial charge in [-0.2, -0.15) is 5.10 Å². The second-order valence-corrected chi connectivity index (χ2v) is 8.46. The molecule has 2 heterocycles. The number of rotatable bonds is 3. The van der Waals surface area contributed by atoms with Gasteiger partial charge in [-0.05, 0) is 30.2 Å². The molecule has 0 unspecified atom stereocenters. The highest BCUT2D eigenvalue weighted by Gasteiger charge is 2.26. The average molecular weight is 390 g/mol. The SMILES string of the molecule is Cn1nc(C(C)(C)C)cc1C(=O)N1CCCN(Cc2ccc(F)c(F)c2)CC1. The lowest BCUT2D eigenvalue weighted by Crippen LogP contribution is -2.36. The number of benzene rings is 1. The Morgan fingerprint density at radius 3 is 2.46 bits per heavy atom. The van der Waals surface area contributed by atoms with Crippen LogP contribution in [0.15, 0.2) is 24.3 Å². The Hall–Kier alpha value is -2.28. The first-order valence-corrected chi connectivity index (χ1v) is 9.65. The van der Waals surface area contributed by atoms with Crippen LogP contribution in [0.25, 0.3) is 0 Å². The normalized spacial score (nSPS) is 16.3. The summed E-state index contributed by atoms with van der Waals surface area (Å²) in [6, 6.07) is 5.89. The van der Waals surface area contributed by atoms with E-state index in [2.05, 4.69) is 30.8 Å². The maximum Gasteiger partial charge on any atom is 0.272 e. The van der Waals surface area contributed by atoms with Gasteiger partial charge >= 0.3 is 0 Å². The number of amides is 1. The van der Waals surface area contributed by atoms with E-state index in [9.17, 15) is 13.6 Å². The predicted octanol–water partition coefficient (Wildman–Crippen LogP) is 3.34. The Kier molecular flexibility index (Phi) is 5.84. The lowest BCUT2D eigenvalue weighted by Gasteiger charge is -2.22. The van der Waals surface area contributed by atoms with E-state index >= 15 is 0 Å². The standard InChI is InChI=1S/C21H28F2N4O/c1-21(2,3)19-13-18(25(4)24-19)20(28)27-9-5-8-26(10-11-27)14-15-6-7-16(22)17(23)12-15/h6-7,12-13H,5,8-11,14H2,1-4H3. The molecule has 0 N–H and O–H groups in total. The number of halogens is 2. The number of carbonyl (C=O) groups excluding carboxylic acids is 1. The highest BCUT2D eigenvalue weighted by atomic mass is 19.2. The minimum Gasteiger partial charge on any atom is -0.336 e. The molecular formula is C21H28F2N4O. The molecule has 3 rings (SSSR count). The first-order chi connectivity index (χ1) is 13.1. The number of carbonyl (C=O) groups is 1. The maximum absolute atomic E-state index is 13.4. The quantitative estimate of drug-likeness (QED) is 0.807. The topological polar surface area (TPSA) is 41.4 Å². The molecule has 0 atom stereocenters. The Morgan fingerprint density at radius 2 is 1.82 bits per heavy atom. The minimum atomic E-state index is -0.831. The van der Waals surface area contributed by atoms with E-state index < -0.39 is 11.6 Å². The average Bonchev–Trinajstić information content (AvgIpc) is 2.87. The van der Waals surface area contributed by atoms with Crippen molar-refractivity contribution >= 4 is 5.91 Å². The summed E-state index contributed by atoms with van der Waals surface area (Å²) in [4.78, 5) is 17.0. The molecule has 0 spiro atoms. The van der Waals surface area contributed by atoms with E-state index in [1.165, 1.54) is 6.07 Å². The van der Waals surface area contributed by atoms with E-state index in [1.54, 1.807) is 17.8 Å². The highest BCUT2D eigenvalue weighted by Crippen LogP contribution is 2.22. The van der Waals surface area contributed by atoms with E-state index in [-0.39, 0.29) is 11.3 Å². The highest BCUT2D eigenvalue weighted by molar-refractivity contribution is 5.92. The van der Waals surface area contributed by atoms with Crippen LogP contribution in [0.2, 0.25) is 0 Å². The molecule has 0 radical (unpaired) electrons. The van der Waals surface area contributed by atoms with E-state index in [0.717, 1.165) is 30.3 Å². The second-order valence-electron chi connectivity index (χ2n) is 8.46.